The minimum Gasteiger partial charge on any atom is -0.399 e. The Labute approximate surface area is 120 Å². The van der Waals surface area contributed by atoms with E-state index < -0.39 is 0 Å². The maximum absolute atomic E-state index is 6.06. The third kappa shape index (κ3) is 2.12. The first-order valence-electron chi connectivity index (χ1n) is 7.12. The zero-order chi connectivity index (χ0) is 14.5. The van der Waals surface area contributed by atoms with Gasteiger partial charge in [-0.2, -0.15) is 0 Å². The zero-order valence-corrected chi connectivity index (χ0v) is 12.6. The zero-order valence-electron chi connectivity index (χ0n) is 12.6. The van der Waals surface area contributed by atoms with E-state index in [1.165, 1.54) is 0 Å². The van der Waals surface area contributed by atoms with Gasteiger partial charge >= 0.3 is 7.12 Å². The molecule has 1 aromatic heterocycles. The van der Waals surface area contributed by atoms with E-state index >= 15 is 0 Å². The summed E-state index contributed by atoms with van der Waals surface area (Å²) in [5, 5.41) is 3.26. The van der Waals surface area contributed by atoms with E-state index in [0.29, 0.717) is 11.7 Å². The summed E-state index contributed by atoms with van der Waals surface area (Å²) < 4.78 is 12.1. The molecule has 3 rings (SSSR count). The predicted molar refractivity (Wildman–Crippen MR) is 80.0 cm³/mol. The summed E-state index contributed by atoms with van der Waals surface area (Å²) >= 11 is 0. The molecule has 0 aliphatic carbocycles. The number of aromatic nitrogens is 1. The van der Waals surface area contributed by atoms with Crippen molar-refractivity contribution < 1.29 is 9.31 Å². The highest BCUT2D eigenvalue weighted by Crippen LogP contribution is 2.36. The Morgan fingerprint density at radius 1 is 1.25 bits per heavy atom. The Morgan fingerprint density at radius 3 is 2.35 bits per heavy atom. The highest BCUT2D eigenvalue weighted by atomic mass is 16.7. The van der Waals surface area contributed by atoms with Gasteiger partial charge in [-0.1, -0.05) is 6.07 Å². The van der Waals surface area contributed by atoms with Crippen molar-refractivity contribution in [1.29, 1.82) is 0 Å². The minimum absolute atomic E-state index is 0.336. The molecule has 0 bridgehead atoms. The molecular formula is C14H22BN3O2. The van der Waals surface area contributed by atoms with E-state index in [0.717, 1.165) is 24.1 Å². The lowest BCUT2D eigenvalue weighted by molar-refractivity contribution is 0.00578. The monoisotopic (exact) mass is 275 g/mol. The third-order valence-corrected chi connectivity index (χ3v) is 4.72. The van der Waals surface area contributed by atoms with Crippen molar-refractivity contribution in [2.75, 3.05) is 18.8 Å². The smallest absolute Gasteiger partial charge is 0.399 e. The number of hydrogen-bond donors (Lipinski definition) is 2. The van der Waals surface area contributed by atoms with Crippen LogP contribution in [-0.2, 0) is 9.31 Å². The lowest BCUT2D eigenvalue weighted by Gasteiger charge is -2.32. The molecule has 108 valence electrons. The topological polar surface area (TPSA) is 69.4 Å². The molecular weight excluding hydrogens is 253 g/mol. The van der Waals surface area contributed by atoms with Gasteiger partial charge < -0.3 is 20.4 Å². The highest BCUT2D eigenvalue weighted by molar-refractivity contribution is 6.62. The molecule has 6 heteroatoms. The van der Waals surface area contributed by atoms with Crippen molar-refractivity contribution >= 4 is 18.4 Å². The second kappa shape index (κ2) is 4.45. The molecule has 2 saturated heterocycles. The summed E-state index contributed by atoms with van der Waals surface area (Å²) in [4.78, 5) is 4.31. The van der Waals surface area contributed by atoms with Crippen LogP contribution in [0.4, 0.5) is 5.82 Å². The molecule has 0 saturated carbocycles. The fourth-order valence-electron chi connectivity index (χ4n) is 2.45. The van der Waals surface area contributed by atoms with Gasteiger partial charge in [0.15, 0.2) is 0 Å². The van der Waals surface area contributed by atoms with Crippen LogP contribution in [0.3, 0.4) is 0 Å². The van der Waals surface area contributed by atoms with Crippen LogP contribution < -0.4 is 16.5 Å². The molecule has 3 N–H and O–H groups in total. The van der Waals surface area contributed by atoms with Crippen LogP contribution in [0.2, 0.25) is 0 Å². The van der Waals surface area contributed by atoms with Crippen molar-refractivity contribution in [1.82, 2.24) is 10.3 Å². The van der Waals surface area contributed by atoms with Crippen molar-refractivity contribution in [2.45, 2.75) is 44.8 Å². The molecule has 2 fully saturated rings. The molecule has 0 amide bonds. The predicted octanol–water partition coefficient (Wildman–Crippen LogP) is 0.650. The number of hydrogen-bond acceptors (Lipinski definition) is 5. The Balaban J connectivity index is 1.88. The lowest BCUT2D eigenvalue weighted by atomic mass is 9.78. The van der Waals surface area contributed by atoms with E-state index in [9.17, 15) is 0 Å². The molecule has 0 atom stereocenters. The van der Waals surface area contributed by atoms with Crippen LogP contribution in [0, 0.1) is 0 Å². The molecule has 20 heavy (non-hydrogen) atoms. The summed E-state index contributed by atoms with van der Waals surface area (Å²) in [5.41, 5.74) is 7.35. The van der Waals surface area contributed by atoms with Gasteiger partial charge in [0.2, 0.25) is 0 Å². The van der Waals surface area contributed by atoms with Crippen LogP contribution in [0.5, 0.6) is 0 Å². The van der Waals surface area contributed by atoms with Gasteiger partial charge in [-0.05, 0) is 33.3 Å². The molecule has 1 aromatic rings. The fourth-order valence-corrected chi connectivity index (χ4v) is 2.45. The van der Waals surface area contributed by atoms with E-state index in [-0.39, 0.29) is 18.3 Å². The lowest BCUT2D eigenvalue weighted by Crippen LogP contribution is -2.42. The molecule has 0 unspecified atom stereocenters. The Bertz CT molecular complexity index is 513. The average Bonchev–Trinajstić information content (AvgIpc) is 2.49. The van der Waals surface area contributed by atoms with Gasteiger partial charge in [-0.3, -0.25) is 0 Å². The standard InChI is InChI=1S/C14H22BN3O2/c1-13(2)14(3,4)20-15(19-13)10-5-11(9-6-17-7-9)12(16)18-8-10/h5,8-9,17H,6-7H2,1-4H3,(H2,16,18). The van der Waals surface area contributed by atoms with Crippen molar-refractivity contribution in [3.05, 3.63) is 17.8 Å². The molecule has 3 heterocycles. The van der Waals surface area contributed by atoms with Gasteiger partial charge in [0, 0.05) is 30.7 Å². The van der Waals surface area contributed by atoms with Crippen LogP contribution in [-0.4, -0.2) is 36.4 Å². The first kappa shape index (κ1) is 13.9. The number of nitrogen functional groups attached to an aromatic ring is 1. The van der Waals surface area contributed by atoms with Crippen molar-refractivity contribution in [3.8, 4) is 0 Å². The highest BCUT2D eigenvalue weighted by Gasteiger charge is 2.52. The maximum Gasteiger partial charge on any atom is 0.496 e. The van der Waals surface area contributed by atoms with Crippen LogP contribution in [0.1, 0.15) is 39.2 Å². The Hall–Kier alpha value is -1.11. The molecule has 0 aromatic carbocycles. The molecule has 2 aliphatic rings. The van der Waals surface area contributed by atoms with Crippen LogP contribution in [0.25, 0.3) is 0 Å². The summed E-state index contributed by atoms with van der Waals surface area (Å²) in [6.45, 7) is 10.1. The van der Waals surface area contributed by atoms with E-state index in [4.69, 9.17) is 15.0 Å². The molecule has 0 radical (unpaired) electrons. The summed E-state index contributed by atoms with van der Waals surface area (Å²) in [5.74, 6) is 1.06. The normalized spacial score (nSPS) is 24.7. The number of nitrogens with zero attached hydrogens (tertiary/aromatic N) is 1. The van der Waals surface area contributed by atoms with Crippen LogP contribution in [0.15, 0.2) is 12.3 Å². The summed E-state index contributed by atoms with van der Waals surface area (Å²) in [6.07, 6.45) is 1.76. The van der Waals surface area contributed by atoms with Gasteiger partial charge in [-0.15, -0.1) is 0 Å². The first-order valence-corrected chi connectivity index (χ1v) is 7.12. The van der Waals surface area contributed by atoms with E-state index in [1.807, 2.05) is 0 Å². The van der Waals surface area contributed by atoms with Crippen molar-refractivity contribution in [2.24, 2.45) is 0 Å². The number of nitrogens with one attached hydrogen (secondary N) is 1. The SMILES string of the molecule is CC1(C)OB(c2cnc(N)c(C3CNC3)c2)OC1(C)C. The largest absolute Gasteiger partial charge is 0.496 e. The van der Waals surface area contributed by atoms with Gasteiger partial charge in [0.25, 0.3) is 0 Å². The van der Waals surface area contributed by atoms with Gasteiger partial charge in [-0.25, -0.2) is 4.98 Å². The average molecular weight is 275 g/mol. The van der Waals surface area contributed by atoms with Gasteiger partial charge in [0.1, 0.15) is 5.82 Å². The minimum atomic E-state index is -0.375. The third-order valence-electron chi connectivity index (χ3n) is 4.72. The maximum atomic E-state index is 6.06. The summed E-state index contributed by atoms with van der Waals surface area (Å²) in [6, 6.07) is 2.08. The van der Waals surface area contributed by atoms with E-state index in [1.54, 1.807) is 6.20 Å². The first-order chi connectivity index (χ1) is 9.30. The number of pyridine rings is 1. The number of nitrogens with two attached hydrogens (primary N) is 1. The van der Waals surface area contributed by atoms with E-state index in [2.05, 4.69) is 44.1 Å². The second-order valence-corrected chi connectivity index (χ2v) is 6.69. The molecule has 5 nitrogen and oxygen atoms in total. The number of rotatable bonds is 2. The van der Waals surface area contributed by atoms with Gasteiger partial charge in [0.05, 0.1) is 11.2 Å². The molecule has 0 spiro atoms. The Kier molecular flexibility index (Phi) is 3.08. The Morgan fingerprint density at radius 2 is 1.85 bits per heavy atom. The fraction of sp³-hybridized carbons (Fsp3) is 0.643. The number of anilines is 1. The molecule has 2 aliphatic heterocycles. The quantitative estimate of drug-likeness (QED) is 0.776. The van der Waals surface area contributed by atoms with Crippen molar-refractivity contribution in [3.63, 3.8) is 0 Å². The second-order valence-electron chi connectivity index (χ2n) is 6.69. The van der Waals surface area contributed by atoms with Crippen LogP contribution >= 0.6 is 0 Å². The summed E-state index contributed by atoms with van der Waals surface area (Å²) in [7, 11) is -0.375.